The average Bonchev–Trinajstić information content (AvgIpc) is 2.72. The van der Waals surface area contributed by atoms with Gasteiger partial charge in [-0.1, -0.05) is 70.4 Å². The van der Waals surface area contributed by atoms with E-state index in [9.17, 15) is 9.18 Å². The molecule has 0 unspecified atom stereocenters. The summed E-state index contributed by atoms with van der Waals surface area (Å²) in [7, 11) is 2.89. The highest BCUT2D eigenvalue weighted by Crippen LogP contribution is 2.15. The van der Waals surface area contributed by atoms with Gasteiger partial charge < -0.3 is 15.0 Å². The van der Waals surface area contributed by atoms with Gasteiger partial charge in [0.2, 0.25) is 0 Å². The quantitative estimate of drug-likeness (QED) is 0.516. The fourth-order valence-electron chi connectivity index (χ4n) is 2.50. The van der Waals surface area contributed by atoms with Crippen molar-refractivity contribution in [1.82, 2.24) is 5.32 Å². The van der Waals surface area contributed by atoms with E-state index >= 15 is 0 Å². The topological polar surface area (TPSA) is 72.3 Å². The van der Waals surface area contributed by atoms with E-state index in [2.05, 4.69) is 15.6 Å². The standard InChI is InChI=1S/C21H21ClFN3O3/c1-14(16-10-8-15(9-11-16)12-19(22)23)25-29-13-17-6-4-5-7-18(17)20(26-28-3)21(27)24-2/h4-12H,13H2,1-3H3,(H,24,27)/b19-12?,25-14?,26-20+. The molecule has 152 valence electrons. The van der Waals surface area contributed by atoms with Gasteiger partial charge in [-0.2, -0.15) is 4.39 Å². The van der Waals surface area contributed by atoms with Crippen LogP contribution in [0.2, 0.25) is 0 Å². The van der Waals surface area contributed by atoms with E-state index in [0.717, 1.165) is 11.1 Å². The van der Waals surface area contributed by atoms with Crippen LogP contribution in [0, 0.1) is 0 Å². The zero-order valence-corrected chi connectivity index (χ0v) is 17.0. The second kappa shape index (κ2) is 11.0. The second-order valence-corrected chi connectivity index (χ2v) is 6.23. The van der Waals surface area contributed by atoms with Crippen molar-refractivity contribution in [1.29, 1.82) is 0 Å². The number of carbonyl (C=O) groups excluding carboxylic acids is 1. The van der Waals surface area contributed by atoms with Crippen molar-refractivity contribution in [3.05, 3.63) is 76.1 Å². The van der Waals surface area contributed by atoms with Crippen molar-refractivity contribution in [3.63, 3.8) is 0 Å². The molecule has 1 N–H and O–H groups in total. The molecule has 2 rings (SSSR count). The average molecular weight is 418 g/mol. The molecule has 0 atom stereocenters. The molecule has 0 aliphatic carbocycles. The van der Waals surface area contributed by atoms with Crippen LogP contribution in [0.1, 0.15) is 29.2 Å². The summed E-state index contributed by atoms with van der Waals surface area (Å²) in [6, 6.07) is 14.2. The minimum atomic E-state index is -0.779. The normalized spacial score (nSPS) is 12.5. The van der Waals surface area contributed by atoms with E-state index in [1.54, 1.807) is 43.3 Å². The SMILES string of the molecule is CNC(=O)/C(=N/OC)c1ccccc1CON=C(C)c1ccc(C=C(F)Cl)cc1. The maximum Gasteiger partial charge on any atom is 0.273 e. The van der Waals surface area contributed by atoms with Gasteiger partial charge in [0.15, 0.2) is 11.0 Å². The minimum absolute atomic E-state index is 0.130. The number of hydrogen-bond donors (Lipinski definition) is 1. The van der Waals surface area contributed by atoms with E-state index in [0.29, 0.717) is 16.8 Å². The molecule has 0 fully saturated rings. The predicted octanol–water partition coefficient (Wildman–Crippen LogP) is 4.23. The minimum Gasteiger partial charge on any atom is -0.398 e. The Labute approximate surface area is 173 Å². The number of halogens is 2. The largest absolute Gasteiger partial charge is 0.398 e. The van der Waals surface area contributed by atoms with Crippen LogP contribution in [0.5, 0.6) is 0 Å². The lowest BCUT2D eigenvalue weighted by molar-refractivity contribution is -0.114. The fourth-order valence-corrected chi connectivity index (χ4v) is 2.62. The molecule has 0 aromatic heterocycles. The first-order valence-corrected chi connectivity index (χ1v) is 9.05. The number of oxime groups is 2. The molecule has 2 aromatic rings. The first-order chi connectivity index (χ1) is 14.0. The number of hydrogen-bond acceptors (Lipinski definition) is 5. The number of likely N-dealkylation sites (N-methyl/N-ethyl adjacent to an activating group) is 1. The lowest BCUT2D eigenvalue weighted by Crippen LogP contribution is -2.29. The van der Waals surface area contributed by atoms with Crippen molar-refractivity contribution in [2.45, 2.75) is 13.5 Å². The van der Waals surface area contributed by atoms with Crippen LogP contribution < -0.4 is 5.32 Å². The smallest absolute Gasteiger partial charge is 0.273 e. The summed E-state index contributed by atoms with van der Waals surface area (Å²) in [4.78, 5) is 22.4. The summed E-state index contributed by atoms with van der Waals surface area (Å²) >= 11 is 5.23. The number of amides is 1. The number of nitrogens with one attached hydrogen (secondary N) is 1. The van der Waals surface area contributed by atoms with Gasteiger partial charge in [0, 0.05) is 18.2 Å². The number of rotatable bonds is 8. The molecular formula is C21H21ClFN3O3. The molecule has 6 nitrogen and oxygen atoms in total. The zero-order valence-electron chi connectivity index (χ0n) is 16.3. The third kappa shape index (κ3) is 6.43. The Balaban J connectivity index is 2.15. The predicted molar refractivity (Wildman–Crippen MR) is 112 cm³/mol. The van der Waals surface area contributed by atoms with E-state index in [4.69, 9.17) is 21.3 Å². The number of carbonyl (C=O) groups is 1. The maximum absolute atomic E-state index is 12.7. The molecular weight excluding hydrogens is 397 g/mol. The molecule has 0 aliphatic heterocycles. The molecule has 0 aliphatic rings. The first-order valence-electron chi connectivity index (χ1n) is 8.67. The monoisotopic (exact) mass is 417 g/mol. The Bertz CT molecular complexity index is 936. The molecule has 29 heavy (non-hydrogen) atoms. The molecule has 0 saturated heterocycles. The van der Waals surface area contributed by atoms with E-state index in [1.807, 2.05) is 12.1 Å². The van der Waals surface area contributed by atoms with Crippen LogP contribution in [0.15, 0.2) is 64.1 Å². The van der Waals surface area contributed by atoms with Gasteiger partial charge in [-0.15, -0.1) is 0 Å². The highest BCUT2D eigenvalue weighted by Gasteiger charge is 2.17. The summed E-state index contributed by atoms with van der Waals surface area (Å²) in [5.41, 5.74) is 3.55. The second-order valence-electron chi connectivity index (χ2n) is 5.86. The van der Waals surface area contributed by atoms with Crippen LogP contribution in [-0.2, 0) is 21.1 Å². The van der Waals surface area contributed by atoms with Crippen molar-refractivity contribution in [2.75, 3.05) is 14.2 Å². The Hall–Kier alpha value is -3.19. The van der Waals surface area contributed by atoms with Crippen molar-refractivity contribution in [2.24, 2.45) is 10.3 Å². The Morgan fingerprint density at radius 3 is 2.48 bits per heavy atom. The molecule has 0 radical (unpaired) electrons. The third-order valence-electron chi connectivity index (χ3n) is 3.92. The molecule has 2 aromatic carbocycles. The Morgan fingerprint density at radius 1 is 1.17 bits per heavy atom. The fraction of sp³-hybridized carbons (Fsp3) is 0.190. The van der Waals surface area contributed by atoms with Gasteiger partial charge >= 0.3 is 0 Å². The lowest BCUT2D eigenvalue weighted by atomic mass is 10.0. The van der Waals surface area contributed by atoms with Crippen LogP contribution in [-0.4, -0.2) is 31.5 Å². The molecule has 0 saturated carbocycles. The summed E-state index contributed by atoms with van der Waals surface area (Å²) < 4.78 is 12.7. The zero-order chi connectivity index (χ0) is 21.2. The lowest BCUT2D eigenvalue weighted by Gasteiger charge is -2.10. The molecule has 0 spiro atoms. The van der Waals surface area contributed by atoms with Gasteiger partial charge in [0.05, 0.1) is 5.71 Å². The summed E-state index contributed by atoms with van der Waals surface area (Å²) in [5.74, 6) is -0.374. The highest BCUT2D eigenvalue weighted by atomic mass is 35.5. The summed E-state index contributed by atoms with van der Waals surface area (Å²) in [6.07, 6.45) is 1.22. The van der Waals surface area contributed by atoms with E-state index in [1.165, 1.54) is 20.2 Å². The van der Waals surface area contributed by atoms with E-state index < -0.39 is 5.29 Å². The van der Waals surface area contributed by atoms with Crippen molar-refractivity contribution >= 4 is 35.0 Å². The number of benzene rings is 2. The third-order valence-corrected chi connectivity index (χ3v) is 4.03. The molecule has 0 bridgehead atoms. The first kappa shape index (κ1) is 22.1. The van der Waals surface area contributed by atoms with Gasteiger partial charge in [-0.05, 0) is 24.1 Å². The Morgan fingerprint density at radius 2 is 1.86 bits per heavy atom. The molecule has 8 heteroatoms. The number of nitrogens with zero attached hydrogens (tertiary/aromatic N) is 2. The van der Waals surface area contributed by atoms with E-state index in [-0.39, 0.29) is 18.2 Å². The maximum atomic E-state index is 12.7. The van der Waals surface area contributed by atoms with Gasteiger partial charge in [0.25, 0.3) is 5.91 Å². The van der Waals surface area contributed by atoms with Gasteiger partial charge in [0.1, 0.15) is 13.7 Å². The van der Waals surface area contributed by atoms with Gasteiger partial charge in [-0.3, -0.25) is 4.79 Å². The molecule has 0 heterocycles. The van der Waals surface area contributed by atoms with Crippen molar-refractivity contribution < 1.29 is 18.9 Å². The van der Waals surface area contributed by atoms with Crippen LogP contribution in [0.3, 0.4) is 0 Å². The molecule has 1 amide bonds. The van der Waals surface area contributed by atoms with Crippen LogP contribution >= 0.6 is 11.6 Å². The summed E-state index contributed by atoms with van der Waals surface area (Å²) in [5, 5.41) is 9.69. The summed E-state index contributed by atoms with van der Waals surface area (Å²) in [6.45, 7) is 1.92. The van der Waals surface area contributed by atoms with Crippen LogP contribution in [0.4, 0.5) is 4.39 Å². The Kier molecular flexibility index (Phi) is 8.36. The van der Waals surface area contributed by atoms with Gasteiger partial charge in [-0.25, -0.2) is 0 Å². The van der Waals surface area contributed by atoms with Crippen LogP contribution in [0.25, 0.3) is 6.08 Å². The highest BCUT2D eigenvalue weighted by molar-refractivity contribution is 6.45. The van der Waals surface area contributed by atoms with Crippen molar-refractivity contribution in [3.8, 4) is 0 Å².